The van der Waals surface area contributed by atoms with Gasteiger partial charge >= 0.3 is 0 Å². The van der Waals surface area contributed by atoms with Crippen molar-refractivity contribution in [2.75, 3.05) is 5.75 Å². The van der Waals surface area contributed by atoms with Crippen LogP contribution in [0.3, 0.4) is 0 Å². The Hall–Kier alpha value is -0.220. The van der Waals surface area contributed by atoms with Crippen LogP contribution < -0.4 is 11.1 Å². The van der Waals surface area contributed by atoms with E-state index in [-0.39, 0.29) is 5.91 Å². The molecule has 104 valence electrons. The molecule has 3 N–H and O–H groups in total. The van der Waals surface area contributed by atoms with Gasteiger partial charge in [-0.1, -0.05) is 19.8 Å². The summed E-state index contributed by atoms with van der Waals surface area (Å²) in [5.41, 5.74) is 5.05. The molecule has 0 saturated heterocycles. The molecule has 18 heavy (non-hydrogen) atoms. The van der Waals surface area contributed by atoms with Crippen LogP contribution in [-0.2, 0) is 4.79 Å². The molecule has 3 unspecified atom stereocenters. The van der Waals surface area contributed by atoms with Gasteiger partial charge in [0.05, 0.1) is 0 Å². The Morgan fingerprint density at radius 2 is 2.11 bits per heavy atom. The first-order chi connectivity index (χ1) is 8.49. The third-order valence-corrected chi connectivity index (χ3v) is 5.78. The van der Waals surface area contributed by atoms with E-state index in [2.05, 4.69) is 12.2 Å². The molecule has 4 heteroatoms. The summed E-state index contributed by atoms with van der Waals surface area (Å²) in [6.45, 7) is 4.30. The minimum atomic E-state index is -0.521. The van der Waals surface area contributed by atoms with Gasteiger partial charge in [0.2, 0.25) is 5.91 Å². The lowest BCUT2D eigenvalue weighted by Crippen LogP contribution is -2.56. The highest BCUT2D eigenvalue weighted by Gasteiger charge is 2.37. The van der Waals surface area contributed by atoms with E-state index in [9.17, 15) is 4.79 Å². The topological polar surface area (TPSA) is 55.1 Å². The summed E-state index contributed by atoms with van der Waals surface area (Å²) >= 11 is 1.94. The van der Waals surface area contributed by atoms with Crippen LogP contribution in [0.5, 0.6) is 0 Å². The molecule has 0 aromatic carbocycles. The summed E-state index contributed by atoms with van der Waals surface area (Å²) in [6, 6.07) is 0.522. The monoisotopic (exact) mass is 270 g/mol. The van der Waals surface area contributed by atoms with Crippen LogP contribution in [0.4, 0.5) is 0 Å². The van der Waals surface area contributed by atoms with Crippen molar-refractivity contribution in [2.24, 2.45) is 11.7 Å². The van der Waals surface area contributed by atoms with E-state index in [1.165, 1.54) is 38.5 Å². The van der Waals surface area contributed by atoms with Gasteiger partial charge in [0.15, 0.2) is 0 Å². The highest BCUT2D eigenvalue weighted by Crippen LogP contribution is 2.34. The standard InChI is InChI=1S/C14H26N2OS/c1-10-4-3-5-12(8-10)18-9-14(2,13(15)17)16-11-6-7-11/h10-12,16H,3-9H2,1-2H3,(H2,15,17). The maximum atomic E-state index is 11.7. The van der Waals surface area contributed by atoms with E-state index >= 15 is 0 Å². The Kier molecular flexibility index (Phi) is 4.59. The third kappa shape index (κ3) is 3.89. The van der Waals surface area contributed by atoms with Crippen LogP contribution in [0.2, 0.25) is 0 Å². The molecule has 2 saturated carbocycles. The molecular weight excluding hydrogens is 244 g/mol. The molecule has 0 bridgehead atoms. The van der Waals surface area contributed by atoms with Gasteiger partial charge in [0.1, 0.15) is 5.54 Å². The van der Waals surface area contributed by atoms with Crippen LogP contribution in [0.1, 0.15) is 52.4 Å². The zero-order valence-electron chi connectivity index (χ0n) is 11.6. The Balaban J connectivity index is 1.82. The van der Waals surface area contributed by atoms with Crippen molar-refractivity contribution in [1.82, 2.24) is 5.32 Å². The lowest BCUT2D eigenvalue weighted by atomic mass is 9.91. The fourth-order valence-electron chi connectivity index (χ4n) is 2.68. The van der Waals surface area contributed by atoms with E-state index in [0.29, 0.717) is 11.3 Å². The van der Waals surface area contributed by atoms with Gasteiger partial charge in [-0.25, -0.2) is 0 Å². The highest BCUT2D eigenvalue weighted by molar-refractivity contribution is 8.00. The SMILES string of the molecule is CC1CCCC(SCC(C)(NC2CC2)C(N)=O)C1. The van der Waals surface area contributed by atoms with Crippen LogP contribution in [0.15, 0.2) is 0 Å². The molecule has 0 radical (unpaired) electrons. The second-order valence-corrected chi connectivity index (χ2v) is 7.61. The second-order valence-electron chi connectivity index (χ2n) is 6.32. The van der Waals surface area contributed by atoms with Gasteiger partial charge in [0.25, 0.3) is 0 Å². The Bertz CT molecular complexity index is 306. The minimum Gasteiger partial charge on any atom is -0.368 e. The Morgan fingerprint density at radius 1 is 1.39 bits per heavy atom. The van der Waals surface area contributed by atoms with Gasteiger partial charge in [-0.05, 0) is 38.5 Å². The molecule has 2 aliphatic carbocycles. The maximum Gasteiger partial charge on any atom is 0.238 e. The normalized spacial score (nSPS) is 31.9. The predicted octanol–water partition coefficient (Wildman–Crippen LogP) is 2.29. The summed E-state index contributed by atoms with van der Waals surface area (Å²) in [6.07, 6.45) is 7.67. The summed E-state index contributed by atoms with van der Waals surface area (Å²) < 4.78 is 0. The maximum absolute atomic E-state index is 11.7. The summed E-state index contributed by atoms with van der Waals surface area (Å²) in [5, 5.41) is 4.14. The molecule has 3 nitrogen and oxygen atoms in total. The summed E-state index contributed by atoms with van der Waals surface area (Å²) in [7, 11) is 0. The van der Waals surface area contributed by atoms with Crippen LogP contribution in [-0.4, -0.2) is 28.5 Å². The molecule has 2 fully saturated rings. The van der Waals surface area contributed by atoms with Crippen molar-refractivity contribution in [2.45, 2.75) is 69.2 Å². The number of thioether (sulfide) groups is 1. The number of rotatable bonds is 6. The van der Waals surface area contributed by atoms with E-state index in [1.807, 2.05) is 18.7 Å². The van der Waals surface area contributed by atoms with Crippen molar-refractivity contribution < 1.29 is 4.79 Å². The Morgan fingerprint density at radius 3 is 2.67 bits per heavy atom. The lowest BCUT2D eigenvalue weighted by Gasteiger charge is -2.32. The van der Waals surface area contributed by atoms with Crippen molar-refractivity contribution >= 4 is 17.7 Å². The van der Waals surface area contributed by atoms with E-state index in [4.69, 9.17) is 5.73 Å². The molecule has 0 aliphatic heterocycles. The third-order valence-electron chi connectivity index (χ3n) is 4.14. The smallest absolute Gasteiger partial charge is 0.238 e. The summed E-state index contributed by atoms with van der Waals surface area (Å²) in [5.74, 6) is 1.45. The molecule has 0 aromatic heterocycles. The van der Waals surface area contributed by atoms with Crippen LogP contribution in [0, 0.1) is 5.92 Å². The first-order valence-corrected chi connectivity index (χ1v) is 8.24. The number of hydrogen-bond donors (Lipinski definition) is 2. The highest BCUT2D eigenvalue weighted by atomic mass is 32.2. The average Bonchev–Trinajstić information content (AvgIpc) is 3.10. The number of hydrogen-bond acceptors (Lipinski definition) is 3. The largest absolute Gasteiger partial charge is 0.368 e. The van der Waals surface area contributed by atoms with Crippen molar-refractivity contribution in [3.05, 3.63) is 0 Å². The molecule has 1 amide bonds. The quantitative estimate of drug-likeness (QED) is 0.778. The van der Waals surface area contributed by atoms with E-state index in [1.54, 1.807) is 0 Å². The zero-order chi connectivity index (χ0) is 13.2. The van der Waals surface area contributed by atoms with E-state index < -0.39 is 5.54 Å². The number of nitrogens with two attached hydrogens (primary N) is 1. The van der Waals surface area contributed by atoms with Gasteiger partial charge in [-0.3, -0.25) is 4.79 Å². The van der Waals surface area contributed by atoms with Gasteiger partial charge in [-0.2, -0.15) is 11.8 Å². The number of primary amides is 1. The molecule has 0 spiro atoms. The van der Waals surface area contributed by atoms with Crippen molar-refractivity contribution in [3.8, 4) is 0 Å². The van der Waals surface area contributed by atoms with E-state index in [0.717, 1.165) is 11.7 Å². The number of nitrogens with one attached hydrogen (secondary N) is 1. The fourth-order valence-corrected chi connectivity index (χ4v) is 4.27. The lowest BCUT2D eigenvalue weighted by molar-refractivity contribution is -0.123. The number of carbonyl (C=O) groups excluding carboxylic acids is 1. The minimum absolute atomic E-state index is 0.203. The van der Waals surface area contributed by atoms with Crippen molar-refractivity contribution in [3.63, 3.8) is 0 Å². The fraction of sp³-hybridized carbons (Fsp3) is 0.929. The van der Waals surface area contributed by atoms with Crippen molar-refractivity contribution in [1.29, 1.82) is 0 Å². The molecule has 2 rings (SSSR count). The van der Waals surface area contributed by atoms with Gasteiger partial charge in [-0.15, -0.1) is 0 Å². The number of amides is 1. The first kappa shape index (κ1) is 14.2. The molecule has 0 aromatic rings. The predicted molar refractivity (Wildman–Crippen MR) is 77.6 cm³/mol. The molecule has 0 heterocycles. The van der Waals surface area contributed by atoms with Gasteiger partial charge < -0.3 is 11.1 Å². The number of carbonyl (C=O) groups is 1. The first-order valence-electron chi connectivity index (χ1n) is 7.19. The average molecular weight is 270 g/mol. The molecule has 3 atom stereocenters. The van der Waals surface area contributed by atoms with Crippen LogP contribution >= 0.6 is 11.8 Å². The molecule has 2 aliphatic rings. The van der Waals surface area contributed by atoms with Gasteiger partial charge in [0, 0.05) is 17.0 Å². The second kappa shape index (κ2) is 5.83. The molecular formula is C14H26N2OS. The Labute approximate surface area is 115 Å². The van der Waals surface area contributed by atoms with Crippen LogP contribution in [0.25, 0.3) is 0 Å². The zero-order valence-corrected chi connectivity index (χ0v) is 12.4. The summed E-state index contributed by atoms with van der Waals surface area (Å²) in [4.78, 5) is 11.7.